The normalized spacial score (nSPS) is 17.4. The lowest BCUT2D eigenvalue weighted by molar-refractivity contribution is 0.789. The molecule has 210 valence electrons. The van der Waals surface area contributed by atoms with Gasteiger partial charge in [-0.1, -0.05) is 97.9 Å². The van der Waals surface area contributed by atoms with E-state index in [1.165, 1.54) is 33.4 Å². The maximum atomic E-state index is 5.45. The number of nitrogens with zero attached hydrogens (tertiary/aromatic N) is 3. The Morgan fingerprint density at radius 3 is 1.20 bits per heavy atom. The zero-order valence-corrected chi connectivity index (χ0v) is 25.9. The maximum Gasteiger partial charge on any atom is 0.0884 e. The smallest absolute Gasteiger partial charge is 0.0884 e. The van der Waals surface area contributed by atoms with Crippen molar-refractivity contribution >= 4 is 22.8 Å². The molecule has 40 heavy (non-hydrogen) atoms. The molecule has 0 N–H and O–H groups in total. The Labute approximate surface area is 242 Å². The Morgan fingerprint density at radius 2 is 0.875 bits per heavy atom. The summed E-state index contributed by atoms with van der Waals surface area (Å²) in [4.78, 5) is 16.3. The highest BCUT2D eigenvalue weighted by molar-refractivity contribution is 6.07. The van der Waals surface area contributed by atoms with E-state index in [9.17, 15) is 0 Å². The van der Waals surface area contributed by atoms with Crippen molar-refractivity contribution in [1.29, 1.82) is 0 Å². The van der Waals surface area contributed by atoms with Gasteiger partial charge in [0.25, 0.3) is 0 Å². The molecule has 0 aliphatic heterocycles. The molecule has 0 fully saturated rings. The van der Waals surface area contributed by atoms with E-state index in [1.807, 2.05) is 0 Å². The Kier molecular flexibility index (Phi) is 8.40. The highest BCUT2D eigenvalue weighted by atomic mass is 14.9. The lowest BCUT2D eigenvalue weighted by atomic mass is 9.87. The fourth-order valence-electron chi connectivity index (χ4n) is 6.38. The maximum absolute atomic E-state index is 5.45. The van der Waals surface area contributed by atoms with E-state index >= 15 is 0 Å². The minimum absolute atomic E-state index is 0.424. The number of para-hydroxylation sites is 2. The van der Waals surface area contributed by atoms with Crippen LogP contribution in [0.15, 0.2) is 52.4 Å². The van der Waals surface area contributed by atoms with Crippen LogP contribution in [0.1, 0.15) is 150 Å². The molecule has 0 atom stereocenters. The number of rotatable bonds is 6. The number of hydrogen-bond donors (Lipinski definition) is 0. The number of pyridine rings is 1. The molecule has 5 rings (SSSR count). The van der Waals surface area contributed by atoms with Crippen LogP contribution in [0.3, 0.4) is 0 Å². The zero-order valence-electron chi connectivity index (χ0n) is 25.9. The molecule has 0 amide bonds. The number of hydrogen-bond acceptors (Lipinski definition) is 3. The summed E-state index contributed by atoms with van der Waals surface area (Å²) >= 11 is 0. The molecule has 1 aromatic heterocycles. The third-order valence-corrected chi connectivity index (χ3v) is 8.62. The fraction of sp³-hybridized carbons (Fsp3) is 0.486. The van der Waals surface area contributed by atoms with Crippen molar-refractivity contribution < 1.29 is 0 Å². The first-order valence-corrected chi connectivity index (χ1v) is 15.6. The van der Waals surface area contributed by atoms with Gasteiger partial charge in [-0.15, -0.1) is 0 Å². The molecule has 3 nitrogen and oxygen atoms in total. The van der Waals surface area contributed by atoms with Crippen LogP contribution < -0.4 is 0 Å². The molecule has 0 radical (unpaired) electrons. The molecule has 1 heterocycles. The fourth-order valence-corrected chi connectivity index (χ4v) is 6.38. The molecule has 3 aromatic rings. The number of fused-ring (bicyclic) bond motifs is 2. The van der Waals surface area contributed by atoms with E-state index in [1.54, 1.807) is 0 Å². The van der Waals surface area contributed by atoms with Gasteiger partial charge in [-0.05, 0) is 95.6 Å². The molecule has 0 spiro atoms. The molecule has 3 heteroatoms. The quantitative estimate of drug-likeness (QED) is 0.310. The van der Waals surface area contributed by atoms with Crippen LogP contribution in [-0.2, 0) is 12.8 Å². The van der Waals surface area contributed by atoms with Gasteiger partial charge in [0.1, 0.15) is 0 Å². The van der Waals surface area contributed by atoms with E-state index < -0.39 is 0 Å². The van der Waals surface area contributed by atoms with Crippen molar-refractivity contribution in [2.24, 2.45) is 9.98 Å². The van der Waals surface area contributed by atoms with Gasteiger partial charge in [-0.25, -0.2) is 4.98 Å². The van der Waals surface area contributed by atoms with Crippen LogP contribution in [0, 0.1) is 0 Å². The predicted molar refractivity (Wildman–Crippen MR) is 172 cm³/mol. The van der Waals surface area contributed by atoms with Gasteiger partial charge in [0.15, 0.2) is 0 Å². The summed E-state index contributed by atoms with van der Waals surface area (Å²) in [5.41, 5.74) is 14.9. The van der Waals surface area contributed by atoms with E-state index in [2.05, 4.69) is 97.9 Å². The lowest BCUT2D eigenvalue weighted by Gasteiger charge is -2.25. The summed E-state index contributed by atoms with van der Waals surface area (Å²) in [6.07, 6.45) is 6.38. The van der Waals surface area contributed by atoms with Crippen molar-refractivity contribution in [2.75, 3.05) is 0 Å². The minimum Gasteiger partial charge on any atom is -0.251 e. The van der Waals surface area contributed by atoms with Crippen molar-refractivity contribution in [1.82, 2.24) is 4.98 Å². The monoisotopic (exact) mass is 533 g/mol. The summed E-state index contributed by atoms with van der Waals surface area (Å²) in [7, 11) is 0. The molecule has 0 saturated heterocycles. The van der Waals surface area contributed by atoms with Gasteiger partial charge in [0, 0.05) is 0 Å². The van der Waals surface area contributed by atoms with Crippen molar-refractivity contribution in [3.63, 3.8) is 0 Å². The topological polar surface area (TPSA) is 37.6 Å². The second-order valence-corrected chi connectivity index (χ2v) is 13.0. The predicted octanol–water partition coefficient (Wildman–Crippen LogP) is 10.5. The molecule has 0 unspecified atom stereocenters. The molecule has 0 bridgehead atoms. The molecule has 0 saturated carbocycles. The Morgan fingerprint density at radius 1 is 0.525 bits per heavy atom. The molecular weight excluding hydrogens is 486 g/mol. The van der Waals surface area contributed by atoms with E-state index in [0.29, 0.717) is 23.7 Å². The highest BCUT2D eigenvalue weighted by Gasteiger charge is 2.26. The average molecular weight is 534 g/mol. The van der Waals surface area contributed by atoms with Gasteiger partial charge < -0.3 is 0 Å². The van der Waals surface area contributed by atoms with Crippen LogP contribution >= 0.6 is 0 Å². The van der Waals surface area contributed by atoms with E-state index in [4.69, 9.17) is 15.0 Å². The summed E-state index contributed by atoms with van der Waals surface area (Å²) in [6, 6.07) is 15.8. The third kappa shape index (κ3) is 5.57. The average Bonchev–Trinajstić information content (AvgIpc) is 2.92. The summed E-state index contributed by atoms with van der Waals surface area (Å²) in [5.74, 6) is 1.69. The standard InChI is InChI=1S/C37H47N3/c1-22(2)28-15-11-16-29(23(3)4)36(28)38-32-19-9-13-26-21-27-14-10-20-33(35(27)40-34(26)32)39-37-30(24(5)6)17-12-18-31(37)25(7)8/h11-12,15-18,21-25H,9-10,13-14,19-20H2,1-8H3/b38-32+,39-33+. The van der Waals surface area contributed by atoms with Gasteiger partial charge in [0.05, 0.1) is 34.2 Å². The summed E-state index contributed by atoms with van der Waals surface area (Å²) < 4.78 is 0. The SMILES string of the molecule is CC(C)c1cccc(C(C)C)c1/N=C1\CCCc2cc3c(nc21)/C(=N/c1c(C(C)C)cccc1C(C)C)CCC3. The third-order valence-electron chi connectivity index (χ3n) is 8.62. The summed E-state index contributed by atoms with van der Waals surface area (Å²) in [5, 5.41) is 0. The van der Waals surface area contributed by atoms with Crippen LogP contribution in [0.4, 0.5) is 11.4 Å². The molecule has 2 aliphatic rings. The first-order valence-electron chi connectivity index (χ1n) is 15.6. The molecule has 2 aliphatic carbocycles. The van der Waals surface area contributed by atoms with Gasteiger partial charge in [-0.2, -0.15) is 0 Å². The molecule has 2 aromatic carbocycles. The van der Waals surface area contributed by atoms with Crippen molar-refractivity contribution in [3.8, 4) is 0 Å². The largest absolute Gasteiger partial charge is 0.251 e. The van der Waals surface area contributed by atoms with Crippen molar-refractivity contribution in [2.45, 2.75) is 118 Å². The lowest BCUT2D eigenvalue weighted by Crippen LogP contribution is -2.21. The minimum atomic E-state index is 0.424. The van der Waals surface area contributed by atoms with Crippen LogP contribution in [0.25, 0.3) is 0 Å². The van der Waals surface area contributed by atoms with Crippen LogP contribution in [0.2, 0.25) is 0 Å². The Balaban J connectivity index is 1.67. The highest BCUT2D eigenvalue weighted by Crippen LogP contribution is 2.39. The number of aromatic nitrogens is 1. The first kappa shape index (κ1) is 28.5. The van der Waals surface area contributed by atoms with Crippen LogP contribution in [0.5, 0.6) is 0 Å². The number of benzene rings is 2. The Bertz CT molecular complexity index is 1290. The van der Waals surface area contributed by atoms with Gasteiger partial charge in [0.2, 0.25) is 0 Å². The van der Waals surface area contributed by atoms with Crippen LogP contribution in [-0.4, -0.2) is 16.4 Å². The zero-order chi connectivity index (χ0) is 28.6. The molecular formula is C37H47N3. The number of aryl methyl sites for hydroxylation is 2. The first-order chi connectivity index (χ1) is 19.2. The number of aliphatic imine (C=N–C) groups is 2. The van der Waals surface area contributed by atoms with E-state index in [0.717, 1.165) is 72.7 Å². The second kappa shape index (κ2) is 11.8. The van der Waals surface area contributed by atoms with Crippen molar-refractivity contribution in [3.05, 3.63) is 87.2 Å². The summed E-state index contributed by atoms with van der Waals surface area (Å²) in [6.45, 7) is 18.2. The van der Waals surface area contributed by atoms with E-state index in [-0.39, 0.29) is 0 Å². The second-order valence-electron chi connectivity index (χ2n) is 13.0. The van der Waals surface area contributed by atoms with Gasteiger partial charge >= 0.3 is 0 Å². The van der Waals surface area contributed by atoms with Gasteiger partial charge in [-0.3, -0.25) is 9.98 Å². The Hall–Kier alpha value is -3.07.